The molecule has 1 unspecified atom stereocenters. The van der Waals surface area contributed by atoms with Crippen LogP contribution >= 0.6 is 34.5 Å². The van der Waals surface area contributed by atoms with Crippen molar-refractivity contribution in [3.05, 3.63) is 44.1 Å². The molecule has 1 N–H and O–H groups in total. The monoisotopic (exact) mass is 387 g/mol. The minimum Gasteiger partial charge on any atom is -0.493 e. The van der Waals surface area contributed by atoms with Gasteiger partial charge in [-0.2, -0.15) is 0 Å². The van der Waals surface area contributed by atoms with Crippen LogP contribution in [0.25, 0.3) is 0 Å². The number of carbonyl (C=O) groups is 1. The van der Waals surface area contributed by atoms with E-state index in [1.165, 1.54) is 11.3 Å². The van der Waals surface area contributed by atoms with Crippen molar-refractivity contribution in [3.63, 3.8) is 0 Å². The van der Waals surface area contributed by atoms with Crippen LogP contribution in [0, 0.1) is 0 Å². The molecule has 0 fully saturated rings. The maximum absolute atomic E-state index is 12.3. The highest BCUT2D eigenvalue weighted by Crippen LogP contribution is 2.33. The second kappa shape index (κ2) is 8.10. The van der Waals surface area contributed by atoms with Crippen LogP contribution in [-0.2, 0) is 0 Å². The van der Waals surface area contributed by atoms with Gasteiger partial charge in [0.2, 0.25) is 0 Å². The van der Waals surface area contributed by atoms with Gasteiger partial charge in [-0.15, -0.1) is 11.3 Å². The first kappa shape index (κ1) is 18.9. The molecule has 0 spiro atoms. The average molecular weight is 388 g/mol. The maximum Gasteiger partial charge on any atom is 0.254 e. The molecule has 1 amide bonds. The summed E-state index contributed by atoms with van der Waals surface area (Å²) in [5.41, 5.74) is 1.28. The van der Waals surface area contributed by atoms with Crippen molar-refractivity contribution in [2.24, 2.45) is 0 Å². The van der Waals surface area contributed by atoms with E-state index in [1.54, 1.807) is 13.2 Å². The van der Waals surface area contributed by atoms with E-state index in [2.05, 4.69) is 5.32 Å². The highest BCUT2D eigenvalue weighted by Gasteiger charge is 2.18. The van der Waals surface area contributed by atoms with Gasteiger partial charge in [0.1, 0.15) is 4.34 Å². The third-order valence-electron chi connectivity index (χ3n) is 3.30. The Kier molecular flexibility index (Phi) is 6.38. The average Bonchev–Trinajstić information content (AvgIpc) is 2.85. The Morgan fingerprint density at radius 2 is 1.88 bits per heavy atom. The second-order valence-corrected chi connectivity index (χ2v) is 7.80. The van der Waals surface area contributed by atoms with Gasteiger partial charge in [0.15, 0.2) is 11.5 Å². The first-order chi connectivity index (χ1) is 11.3. The van der Waals surface area contributed by atoms with Crippen LogP contribution < -0.4 is 14.8 Å². The van der Waals surface area contributed by atoms with Crippen LogP contribution in [0.5, 0.6) is 11.5 Å². The molecule has 0 radical (unpaired) electrons. The van der Waals surface area contributed by atoms with Crippen molar-refractivity contribution in [1.82, 2.24) is 5.32 Å². The van der Waals surface area contributed by atoms with Crippen molar-refractivity contribution < 1.29 is 14.3 Å². The third-order valence-corrected chi connectivity index (χ3v) is 4.79. The highest BCUT2D eigenvalue weighted by atomic mass is 35.5. The van der Waals surface area contributed by atoms with Gasteiger partial charge in [-0.1, -0.05) is 29.3 Å². The fraction of sp³-hybridized carbons (Fsp3) is 0.353. The first-order valence-corrected chi connectivity index (χ1v) is 8.99. The normalized spacial score (nSPS) is 12.1. The number of methoxy groups -OCH3 is 1. The predicted molar refractivity (Wildman–Crippen MR) is 99.0 cm³/mol. The summed E-state index contributed by atoms with van der Waals surface area (Å²) in [5, 5.41) is 2.91. The Labute approximate surface area is 155 Å². The lowest BCUT2D eigenvalue weighted by atomic mass is 10.1. The van der Waals surface area contributed by atoms with Crippen molar-refractivity contribution in [2.75, 3.05) is 7.11 Å². The molecule has 2 aromatic rings. The molecule has 0 aliphatic heterocycles. The van der Waals surface area contributed by atoms with Gasteiger partial charge in [-0.25, -0.2) is 0 Å². The number of hydrogen-bond donors (Lipinski definition) is 1. The number of amides is 1. The number of rotatable bonds is 6. The fourth-order valence-corrected chi connectivity index (χ4v) is 3.62. The largest absolute Gasteiger partial charge is 0.493 e. The van der Waals surface area contributed by atoms with Gasteiger partial charge in [0.25, 0.3) is 5.91 Å². The minimum atomic E-state index is -0.267. The number of hydrogen-bond acceptors (Lipinski definition) is 4. The number of nitrogens with one attached hydrogen (secondary N) is 1. The molecule has 1 atom stereocenters. The van der Waals surface area contributed by atoms with E-state index in [1.807, 2.05) is 39.0 Å². The summed E-state index contributed by atoms with van der Waals surface area (Å²) in [5.74, 6) is 1.03. The van der Waals surface area contributed by atoms with E-state index >= 15 is 0 Å². The van der Waals surface area contributed by atoms with Crippen LogP contribution in [0.2, 0.25) is 8.67 Å². The molecule has 0 aliphatic carbocycles. The summed E-state index contributed by atoms with van der Waals surface area (Å²) in [7, 11) is 1.59. The van der Waals surface area contributed by atoms with Crippen LogP contribution in [0.3, 0.4) is 0 Å². The van der Waals surface area contributed by atoms with Gasteiger partial charge >= 0.3 is 0 Å². The molecule has 0 saturated heterocycles. The third kappa shape index (κ3) is 4.56. The molecular formula is C17H19Cl2NO3S. The summed E-state index contributed by atoms with van der Waals surface area (Å²) in [6.07, 6.45) is 0.0485. The molecule has 1 heterocycles. The molecule has 7 heteroatoms. The van der Waals surface area contributed by atoms with Crippen molar-refractivity contribution in [3.8, 4) is 11.5 Å². The molecule has 0 aliphatic rings. The molecule has 0 bridgehead atoms. The maximum atomic E-state index is 12.3. The lowest BCUT2D eigenvalue weighted by Gasteiger charge is -2.18. The second-order valence-electron chi connectivity index (χ2n) is 5.51. The van der Waals surface area contributed by atoms with Crippen LogP contribution in [0.15, 0.2) is 24.3 Å². The van der Waals surface area contributed by atoms with Gasteiger partial charge in [0.05, 0.1) is 29.2 Å². The number of thiophene rings is 1. The van der Waals surface area contributed by atoms with Crippen LogP contribution in [0.1, 0.15) is 42.7 Å². The summed E-state index contributed by atoms with van der Waals surface area (Å²) >= 11 is 13.1. The van der Waals surface area contributed by atoms with Crippen molar-refractivity contribution in [1.29, 1.82) is 0 Å². The summed E-state index contributed by atoms with van der Waals surface area (Å²) in [6, 6.07) is 6.93. The lowest BCUT2D eigenvalue weighted by molar-refractivity contribution is 0.0940. The molecule has 1 aromatic heterocycles. The van der Waals surface area contributed by atoms with Gasteiger partial charge in [-0.05, 0) is 44.5 Å². The standard InChI is InChI=1S/C17H19Cl2NO3S/c1-9(2)23-13-6-5-11(7-14(13)22-4)10(3)20-17(21)12-8-15(18)24-16(12)19/h5-10H,1-4H3,(H,20,21). The zero-order valence-electron chi connectivity index (χ0n) is 13.9. The molecule has 2 rings (SSSR count). The molecule has 130 valence electrons. The van der Waals surface area contributed by atoms with E-state index in [0.29, 0.717) is 25.7 Å². The Morgan fingerprint density at radius 3 is 2.42 bits per heavy atom. The Morgan fingerprint density at radius 1 is 1.17 bits per heavy atom. The minimum absolute atomic E-state index is 0.0485. The SMILES string of the molecule is COc1cc(C(C)NC(=O)c2cc(Cl)sc2Cl)ccc1OC(C)C. The molecule has 4 nitrogen and oxygen atoms in total. The van der Waals surface area contributed by atoms with Gasteiger partial charge in [0, 0.05) is 0 Å². The number of ether oxygens (including phenoxy) is 2. The van der Waals surface area contributed by atoms with E-state index in [4.69, 9.17) is 32.7 Å². The Balaban J connectivity index is 2.16. The predicted octanol–water partition coefficient (Wildman–Crippen LogP) is 5.34. The lowest BCUT2D eigenvalue weighted by Crippen LogP contribution is -2.26. The van der Waals surface area contributed by atoms with Gasteiger partial charge in [-0.3, -0.25) is 4.79 Å². The molecule has 24 heavy (non-hydrogen) atoms. The Bertz CT molecular complexity index is 731. The quantitative estimate of drug-likeness (QED) is 0.727. The van der Waals surface area contributed by atoms with Gasteiger partial charge < -0.3 is 14.8 Å². The number of halogens is 2. The van der Waals surface area contributed by atoms with Crippen molar-refractivity contribution >= 4 is 40.4 Å². The summed E-state index contributed by atoms with van der Waals surface area (Å²) in [6.45, 7) is 5.79. The smallest absolute Gasteiger partial charge is 0.254 e. The van der Waals surface area contributed by atoms with E-state index in [0.717, 1.165) is 5.56 Å². The van der Waals surface area contributed by atoms with E-state index in [-0.39, 0.29) is 18.1 Å². The Hall–Kier alpha value is -1.43. The van der Waals surface area contributed by atoms with E-state index in [9.17, 15) is 4.79 Å². The molecule has 1 aromatic carbocycles. The molecule has 0 saturated carbocycles. The fourth-order valence-electron chi connectivity index (χ4n) is 2.16. The van der Waals surface area contributed by atoms with Crippen molar-refractivity contribution in [2.45, 2.75) is 32.9 Å². The van der Waals surface area contributed by atoms with Crippen LogP contribution in [-0.4, -0.2) is 19.1 Å². The molecular weight excluding hydrogens is 369 g/mol. The summed E-state index contributed by atoms with van der Waals surface area (Å²) < 4.78 is 11.9. The zero-order chi connectivity index (χ0) is 17.9. The summed E-state index contributed by atoms with van der Waals surface area (Å²) in [4.78, 5) is 12.3. The first-order valence-electron chi connectivity index (χ1n) is 7.42. The zero-order valence-corrected chi connectivity index (χ0v) is 16.2. The number of benzene rings is 1. The van der Waals surface area contributed by atoms with Crippen LogP contribution in [0.4, 0.5) is 0 Å². The highest BCUT2D eigenvalue weighted by molar-refractivity contribution is 7.20. The number of carbonyl (C=O) groups excluding carboxylic acids is 1. The topological polar surface area (TPSA) is 47.6 Å². The van der Waals surface area contributed by atoms with E-state index < -0.39 is 0 Å².